The quantitative estimate of drug-likeness (QED) is 0.871. The Morgan fingerprint density at radius 1 is 1.27 bits per heavy atom. The number of carbonyl (C=O) groups is 2. The van der Waals surface area contributed by atoms with Gasteiger partial charge in [0.15, 0.2) is 5.78 Å². The highest BCUT2D eigenvalue weighted by atomic mass is 16.5. The lowest BCUT2D eigenvalue weighted by Crippen LogP contribution is -2.52. The first-order valence-electron chi connectivity index (χ1n) is 7.85. The molecular formula is C18H21NO3. The summed E-state index contributed by atoms with van der Waals surface area (Å²) in [6, 6.07) is 9.71. The van der Waals surface area contributed by atoms with E-state index in [1.54, 1.807) is 6.08 Å². The molecule has 0 radical (unpaired) electrons. The van der Waals surface area contributed by atoms with Crippen LogP contribution in [0.4, 0.5) is 0 Å². The summed E-state index contributed by atoms with van der Waals surface area (Å²) in [5, 5.41) is 3.44. The molecular weight excluding hydrogens is 278 g/mol. The van der Waals surface area contributed by atoms with Crippen molar-refractivity contribution in [1.29, 1.82) is 0 Å². The van der Waals surface area contributed by atoms with E-state index in [-0.39, 0.29) is 23.2 Å². The van der Waals surface area contributed by atoms with Crippen molar-refractivity contribution in [2.75, 3.05) is 6.54 Å². The summed E-state index contributed by atoms with van der Waals surface area (Å²) in [7, 11) is 0. The van der Waals surface area contributed by atoms with Gasteiger partial charge in [-0.1, -0.05) is 36.4 Å². The maximum Gasteiger partial charge on any atom is 0.310 e. The van der Waals surface area contributed by atoms with Gasteiger partial charge in [-0.3, -0.25) is 9.59 Å². The van der Waals surface area contributed by atoms with Crippen LogP contribution < -0.4 is 5.32 Å². The van der Waals surface area contributed by atoms with Crippen molar-refractivity contribution in [3.05, 3.63) is 48.0 Å². The van der Waals surface area contributed by atoms with Gasteiger partial charge in [-0.2, -0.15) is 0 Å². The topological polar surface area (TPSA) is 55.4 Å². The molecule has 1 aliphatic heterocycles. The predicted molar refractivity (Wildman–Crippen MR) is 83.1 cm³/mol. The van der Waals surface area contributed by atoms with E-state index in [0.717, 1.165) is 24.8 Å². The number of ketones is 1. The van der Waals surface area contributed by atoms with E-state index in [0.29, 0.717) is 19.6 Å². The van der Waals surface area contributed by atoms with Gasteiger partial charge >= 0.3 is 5.97 Å². The summed E-state index contributed by atoms with van der Waals surface area (Å²) < 4.78 is 5.41. The zero-order chi connectivity index (χ0) is 15.4. The highest BCUT2D eigenvalue weighted by molar-refractivity contribution is 5.91. The van der Waals surface area contributed by atoms with Crippen molar-refractivity contribution >= 4 is 11.8 Å². The highest BCUT2D eigenvalue weighted by Crippen LogP contribution is 2.31. The molecule has 1 aliphatic carbocycles. The summed E-state index contributed by atoms with van der Waals surface area (Å²) >= 11 is 0. The number of esters is 1. The zero-order valence-corrected chi connectivity index (χ0v) is 12.6. The fourth-order valence-corrected chi connectivity index (χ4v) is 3.12. The van der Waals surface area contributed by atoms with E-state index < -0.39 is 0 Å². The fourth-order valence-electron chi connectivity index (χ4n) is 3.12. The van der Waals surface area contributed by atoms with Crippen molar-refractivity contribution in [2.24, 2.45) is 5.92 Å². The molecule has 2 unspecified atom stereocenters. The van der Waals surface area contributed by atoms with Gasteiger partial charge in [0.2, 0.25) is 0 Å². The largest absolute Gasteiger partial charge is 0.461 e. The molecule has 22 heavy (non-hydrogen) atoms. The summed E-state index contributed by atoms with van der Waals surface area (Å²) in [4.78, 5) is 23.5. The zero-order valence-electron chi connectivity index (χ0n) is 12.6. The average Bonchev–Trinajstić information content (AvgIpc) is 2.57. The number of piperidine rings is 1. The van der Waals surface area contributed by atoms with E-state index in [9.17, 15) is 9.59 Å². The van der Waals surface area contributed by atoms with Gasteiger partial charge in [0.1, 0.15) is 6.61 Å². The van der Waals surface area contributed by atoms with Gasteiger partial charge in [-0.25, -0.2) is 0 Å². The number of benzene rings is 1. The molecule has 1 saturated heterocycles. The van der Waals surface area contributed by atoms with Gasteiger partial charge in [0.25, 0.3) is 0 Å². The van der Waals surface area contributed by atoms with Crippen LogP contribution in [0.25, 0.3) is 0 Å². The second kappa shape index (κ2) is 6.44. The molecule has 0 saturated carbocycles. The second-order valence-electron chi connectivity index (χ2n) is 6.17. The third-order valence-electron chi connectivity index (χ3n) is 4.60. The van der Waals surface area contributed by atoms with Crippen molar-refractivity contribution in [2.45, 2.75) is 37.8 Å². The molecule has 2 aliphatic rings. The van der Waals surface area contributed by atoms with Crippen LogP contribution >= 0.6 is 0 Å². The van der Waals surface area contributed by atoms with Crippen LogP contribution in [0.15, 0.2) is 42.5 Å². The van der Waals surface area contributed by atoms with E-state index in [4.69, 9.17) is 4.74 Å². The summed E-state index contributed by atoms with van der Waals surface area (Å²) in [6.45, 7) is 0.946. The number of hydrogen-bond acceptors (Lipinski definition) is 4. The van der Waals surface area contributed by atoms with Gasteiger partial charge < -0.3 is 10.1 Å². The lowest BCUT2D eigenvalue weighted by Gasteiger charge is -2.40. The Kier molecular flexibility index (Phi) is 4.39. The lowest BCUT2D eigenvalue weighted by atomic mass is 9.78. The maximum absolute atomic E-state index is 12.2. The Morgan fingerprint density at radius 3 is 2.73 bits per heavy atom. The van der Waals surface area contributed by atoms with Crippen molar-refractivity contribution < 1.29 is 14.3 Å². The van der Waals surface area contributed by atoms with Gasteiger partial charge in [-0.15, -0.1) is 0 Å². The minimum Gasteiger partial charge on any atom is -0.461 e. The number of nitrogens with one attached hydrogen (secondary N) is 1. The lowest BCUT2D eigenvalue weighted by molar-refractivity contribution is -0.151. The van der Waals surface area contributed by atoms with Gasteiger partial charge in [-0.05, 0) is 30.9 Å². The number of ether oxygens (including phenoxy) is 1. The highest BCUT2D eigenvalue weighted by Gasteiger charge is 2.37. The van der Waals surface area contributed by atoms with Gasteiger partial charge in [0.05, 0.1) is 5.92 Å². The molecule has 3 rings (SSSR count). The monoisotopic (exact) mass is 299 g/mol. The van der Waals surface area contributed by atoms with Crippen molar-refractivity contribution in [3.63, 3.8) is 0 Å². The first-order chi connectivity index (χ1) is 10.7. The Hall–Kier alpha value is -1.94. The third-order valence-corrected chi connectivity index (χ3v) is 4.60. The van der Waals surface area contributed by atoms with Crippen LogP contribution in [0.5, 0.6) is 0 Å². The van der Waals surface area contributed by atoms with E-state index in [1.807, 2.05) is 36.4 Å². The number of hydrogen-bond donors (Lipinski definition) is 1. The number of rotatable bonds is 3. The summed E-state index contributed by atoms with van der Waals surface area (Å²) in [6.07, 6.45) is 6.75. The first-order valence-corrected chi connectivity index (χ1v) is 7.85. The molecule has 0 aromatic heterocycles. The van der Waals surface area contributed by atoms with Crippen molar-refractivity contribution in [3.8, 4) is 0 Å². The maximum atomic E-state index is 12.2. The average molecular weight is 299 g/mol. The Labute approximate surface area is 130 Å². The first kappa shape index (κ1) is 15.0. The van der Waals surface area contributed by atoms with Crippen LogP contribution in [-0.4, -0.2) is 23.8 Å². The molecule has 116 valence electrons. The van der Waals surface area contributed by atoms with Crippen LogP contribution in [0.1, 0.15) is 31.2 Å². The van der Waals surface area contributed by atoms with E-state index >= 15 is 0 Å². The second-order valence-corrected chi connectivity index (χ2v) is 6.17. The molecule has 0 bridgehead atoms. The molecule has 1 aromatic carbocycles. The summed E-state index contributed by atoms with van der Waals surface area (Å²) in [5.74, 6) is -0.0424. The molecule has 1 spiro atoms. The van der Waals surface area contributed by atoms with Crippen LogP contribution in [0.2, 0.25) is 0 Å². The van der Waals surface area contributed by atoms with E-state index in [1.165, 1.54) is 0 Å². The van der Waals surface area contributed by atoms with Crippen LogP contribution in [-0.2, 0) is 20.9 Å². The number of carbonyl (C=O) groups excluding carboxylic acids is 2. The molecule has 4 nitrogen and oxygen atoms in total. The van der Waals surface area contributed by atoms with Gasteiger partial charge in [0, 0.05) is 18.5 Å². The Morgan fingerprint density at radius 2 is 2.09 bits per heavy atom. The smallest absolute Gasteiger partial charge is 0.310 e. The molecule has 1 fully saturated rings. The Bertz CT molecular complexity index is 571. The van der Waals surface area contributed by atoms with Crippen LogP contribution in [0, 0.1) is 5.92 Å². The molecule has 1 N–H and O–H groups in total. The molecule has 1 heterocycles. The number of allylic oxidation sites excluding steroid dienone is 1. The third kappa shape index (κ3) is 3.45. The molecule has 0 amide bonds. The minimum absolute atomic E-state index is 0.0931. The van der Waals surface area contributed by atoms with E-state index in [2.05, 4.69) is 5.32 Å². The Balaban J connectivity index is 1.50. The summed E-state index contributed by atoms with van der Waals surface area (Å²) in [5.41, 5.74) is 0.911. The standard InChI is InChI=1S/C18H21NO3/c20-16-7-10-18(11-8-16)9-6-15(12-19-18)17(21)22-13-14-4-2-1-3-5-14/h1-5,7,10,15,19H,6,8-9,11-13H2. The fraction of sp³-hybridized carbons (Fsp3) is 0.444. The normalized spacial score (nSPS) is 27.8. The molecule has 1 aromatic rings. The minimum atomic E-state index is -0.137. The SMILES string of the molecule is O=C1C=CC2(CC1)CCC(C(=O)OCc1ccccc1)CN2. The molecule has 2 atom stereocenters. The predicted octanol–water partition coefficient (Wildman–Crippen LogP) is 2.39. The molecule has 4 heteroatoms. The van der Waals surface area contributed by atoms with Crippen molar-refractivity contribution in [1.82, 2.24) is 5.32 Å². The van der Waals surface area contributed by atoms with Crippen LogP contribution in [0.3, 0.4) is 0 Å².